The zero-order chi connectivity index (χ0) is 11.1. The minimum atomic E-state index is 0.112. The SMILES string of the molecule is Cc1ccc2c(n1)N1CCCC1CC(=O)N2. The highest BCUT2D eigenvalue weighted by Gasteiger charge is 2.32. The summed E-state index contributed by atoms with van der Waals surface area (Å²) >= 11 is 0. The van der Waals surface area contributed by atoms with Crippen LogP contribution in [-0.4, -0.2) is 23.5 Å². The molecule has 1 aromatic rings. The predicted octanol–water partition coefficient (Wildman–Crippen LogP) is 1.70. The summed E-state index contributed by atoms with van der Waals surface area (Å²) in [6, 6.07) is 4.24. The van der Waals surface area contributed by atoms with E-state index in [0.29, 0.717) is 12.5 Å². The lowest BCUT2D eigenvalue weighted by molar-refractivity contribution is -0.116. The van der Waals surface area contributed by atoms with Crippen molar-refractivity contribution in [1.82, 2.24) is 4.98 Å². The predicted molar refractivity (Wildman–Crippen MR) is 62.6 cm³/mol. The van der Waals surface area contributed by atoms with Gasteiger partial charge in [-0.25, -0.2) is 4.98 Å². The van der Waals surface area contributed by atoms with Gasteiger partial charge in [0.1, 0.15) is 0 Å². The first-order valence-electron chi connectivity index (χ1n) is 5.78. The van der Waals surface area contributed by atoms with E-state index >= 15 is 0 Å². The lowest BCUT2D eigenvalue weighted by atomic mass is 10.1. The number of pyridine rings is 1. The Kier molecular flexibility index (Phi) is 2.09. The molecule has 4 nitrogen and oxygen atoms in total. The maximum absolute atomic E-state index is 11.7. The van der Waals surface area contributed by atoms with Crippen molar-refractivity contribution in [2.24, 2.45) is 0 Å². The van der Waals surface area contributed by atoms with Gasteiger partial charge >= 0.3 is 0 Å². The number of aromatic nitrogens is 1. The van der Waals surface area contributed by atoms with E-state index in [1.165, 1.54) is 0 Å². The molecule has 84 valence electrons. The fourth-order valence-electron chi connectivity index (χ4n) is 2.60. The molecule has 2 aliphatic rings. The van der Waals surface area contributed by atoms with Crippen LogP contribution in [0.3, 0.4) is 0 Å². The van der Waals surface area contributed by atoms with Gasteiger partial charge in [-0.3, -0.25) is 4.79 Å². The number of anilines is 2. The van der Waals surface area contributed by atoms with Crippen LogP contribution in [0.15, 0.2) is 12.1 Å². The summed E-state index contributed by atoms with van der Waals surface area (Å²) in [4.78, 5) is 18.5. The van der Waals surface area contributed by atoms with Gasteiger partial charge in [0.05, 0.1) is 5.69 Å². The van der Waals surface area contributed by atoms with Crippen molar-refractivity contribution < 1.29 is 4.79 Å². The van der Waals surface area contributed by atoms with Crippen LogP contribution in [0.5, 0.6) is 0 Å². The first-order chi connectivity index (χ1) is 7.74. The van der Waals surface area contributed by atoms with Gasteiger partial charge in [-0.15, -0.1) is 0 Å². The summed E-state index contributed by atoms with van der Waals surface area (Å²) in [5, 5.41) is 2.94. The highest BCUT2D eigenvalue weighted by molar-refractivity contribution is 5.96. The first kappa shape index (κ1) is 9.63. The average molecular weight is 217 g/mol. The number of nitrogens with one attached hydrogen (secondary N) is 1. The molecule has 16 heavy (non-hydrogen) atoms. The largest absolute Gasteiger partial charge is 0.351 e. The van der Waals surface area contributed by atoms with E-state index in [1.54, 1.807) is 0 Å². The molecule has 1 N–H and O–H groups in total. The fraction of sp³-hybridized carbons (Fsp3) is 0.500. The normalized spacial score (nSPS) is 23.4. The van der Waals surface area contributed by atoms with Crippen molar-refractivity contribution in [2.45, 2.75) is 32.2 Å². The second-order valence-electron chi connectivity index (χ2n) is 4.57. The van der Waals surface area contributed by atoms with E-state index < -0.39 is 0 Å². The number of hydrogen-bond acceptors (Lipinski definition) is 3. The molecular formula is C12H15N3O. The van der Waals surface area contributed by atoms with Crippen LogP contribution in [0.25, 0.3) is 0 Å². The quantitative estimate of drug-likeness (QED) is 0.719. The third kappa shape index (κ3) is 1.45. The van der Waals surface area contributed by atoms with Crippen LogP contribution in [-0.2, 0) is 4.79 Å². The Balaban J connectivity index is 2.10. The number of carbonyl (C=O) groups excluding carboxylic acids is 1. The van der Waals surface area contributed by atoms with E-state index in [4.69, 9.17) is 0 Å². The summed E-state index contributed by atoms with van der Waals surface area (Å²) in [6.45, 7) is 3.00. The van der Waals surface area contributed by atoms with Crippen LogP contribution in [0.2, 0.25) is 0 Å². The summed E-state index contributed by atoms with van der Waals surface area (Å²) in [7, 11) is 0. The van der Waals surface area contributed by atoms with Gasteiger partial charge in [0, 0.05) is 24.7 Å². The van der Waals surface area contributed by atoms with E-state index in [1.807, 2.05) is 19.1 Å². The second-order valence-corrected chi connectivity index (χ2v) is 4.57. The Labute approximate surface area is 94.7 Å². The number of fused-ring (bicyclic) bond motifs is 3. The maximum atomic E-state index is 11.7. The van der Waals surface area contributed by atoms with Crippen LogP contribution in [0.1, 0.15) is 25.0 Å². The summed E-state index contributed by atoms with van der Waals surface area (Å²) < 4.78 is 0. The number of carbonyl (C=O) groups is 1. The average Bonchev–Trinajstić information content (AvgIpc) is 2.64. The van der Waals surface area contributed by atoms with Crippen molar-refractivity contribution in [3.05, 3.63) is 17.8 Å². The smallest absolute Gasteiger partial charge is 0.226 e. The van der Waals surface area contributed by atoms with Crippen LogP contribution >= 0.6 is 0 Å². The molecule has 3 heterocycles. The molecule has 0 bridgehead atoms. The summed E-state index contributed by atoms with van der Waals surface area (Å²) in [5.41, 5.74) is 1.86. The number of rotatable bonds is 0. The highest BCUT2D eigenvalue weighted by Crippen LogP contribution is 2.34. The van der Waals surface area contributed by atoms with E-state index in [0.717, 1.165) is 36.6 Å². The Morgan fingerprint density at radius 1 is 1.50 bits per heavy atom. The van der Waals surface area contributed by atoms with Crippen LogP contribution in [0.4, 0.5) is 11.5 Å². The number of aryl methyl sites for hydroxylation is 1. The molecule has 1 unspecified atom stereocenters. The van der Waals surface area contributed by atoms with Gasteiger partial charge < -0.3 is 10.2 Å². The molecule has 1 atom stereocenters. The highest BCUT2D eigenvalue weighted by atomic mass is 16.1. The monoisotopic (exact) mass is 217 g/mol. The van der Waals surface area contributed by atoms with Crippen LogP contribution in [0, 0.1) is 6.92 Å². The molecule has 4 heteroatoms. The molecule has 1 aromatic heterocycles. The minimum absolute atomic E-state index is 0.112. The van der Waals surface area contributed by atoms with E-state index in [2.05, 4.69) is 15.2 Å². The van der Waals surface area contributed by atoms with Crippen molar-refractivity contribution in [1.29, 1.82) is 0 Å². The molecule has 0 saturated carbocycles. The van der Waals surface area contributed by atoms with Crippen LogP contribution < -0.4 is 10.2 Å². The Bertz CT molecular complexity index is 444. The molecule has 2 aliphatic heterocycles. The van der Waals surface area contributed by atoms with Gasteiger partial charge in [-0.2, -0.15) is 0 Å². The molecule has 0 aromatic carbocycles. The van der Waals surface area contributed by atoms with Gasteiger partial charge in [-0.1, -0.05) is 0 Å². The van der Waals surface area contributed by atoms with Gasteiger partial charge in [0.25, 0.3) is 0 Å². The number of nitrogens with zero attached hydrogens (tertiary/aromatic N) is 2. The first-order valence-corrected chi connectivity index (χ1v) is 5.78. The topological polar surface area (TPSA) is 45.2 Å². The zero-order valence-electron chi connectivity index (χ0n) is 9.36. The molecule has 1 fully saturated rings. The molecule has 0 radical (unpaired) electrons. The second kappa shape index (κ2) is 3.47. The van der Waals surface area contributed by atoms with E-state index in [9.17, 15) is 4.79 Å². The molecule has 1 amide bonds. The maximum Gasteiger partial charge on any atom is 0.226 e. The molecular weight excluding hydrogens is 202 g/mol. The van der Waals surface area contributed by atoms with Gasteiger partial charge in [0.15, 0.2) is 5.82 Å². The Hall–Kier alpha value is -1.58. The summed E-state index contributed by atoms with van der Waals surface area (Å²) in [5.74, 6) is 1.06. The van der Waals surface area contributed by atoms with Gasteiger partial charge in [-0.05, 0) is 31.9 Å². The third-order valence-corrected chi connectivity index (χ3v) is 3.36. The number of amides is 1. The zero-order valence-corrected chi connectivity index (χ0v) is 9.36. The number of hydrogen-bond donors (Lipinski definition) is 1. The minimum Gasteiger partial charge on any atom is -0.351 e. The molecule has 0 spiro atoms. The van der Waals surface area contributed by atoms with E-state index in [-0.39, 0.29) is 5.91 Å². The van der Waals surface area contributed by atoms with Gasteiger partial charge in [0.2, 0.25) is 5.91 Å². The van der Waals surface area contributed by atoms with Crippen molar-refractivity contribution in [2.75, 3.05) is 16.8 Å². The third-order valence-electron chi connectivity index (χ3n) is 3.36. The standard InChI is InChI=1S/C12H15N3O/c1-8-4-5-10-12(13-8)15-6-2-3-9(15)7-11(16)14-10/h4-5,9H,2-3,6-7H2,1H3,(H,14,16). The lowest BCUT2D eigenvalue weighted by Crippen LogP contribution is -2.30. The van der Waals surface area contributed by atoms with Crippen molar-refractivity contribution >= 4 is 17.4 Å². The molecule has 1 saturated heterocycles. The lowest BCUT2D eigenvalue weighted by Gasteiger charge is -2.23. The van der Waals surface area contributed by atoms with Crippen molar-refractivity contribution in [3.8, 4) is 0 Å². The molecule has 0 aliphatic carbocycles. The fourth-order valence-corrected chi connectivity index (χ4v) is 2.60. The Morgan fingerprint density at radius 3 is 3.25 bits per heavy atom. The molecule has 3 rings (SSSR count). The Morgan fingerprint density at radius 2 is 2.38 bits per heavy atom. The van der Waals surface area contributed by atoms with Crippen molar-refractivity contribution in [3.63, 3.8) is 0 Å². The summed E-state index contributed by atoms with van der Waals surface area (Å²) in [6.07, 6.45) is 2.85.